The van der Waals surface area contributed by atoms with Crippen molar-refractivity contribution in [3.8, 4) is 11.5 Å². The Balaban J connectivity index is 2.58. The molecule has 1 aromatic carbocycles. The second-order valence-corrected chi connectivity index (χ2v) is 6.37. The number of aromatic nitrogens is 1. The Morgan fingerprint density at radius 1 is 1.36 bits per heavy atom. The number of hydrogen-bond donors (Lipinski definition) is 4. The van der Waals surface area contributed by atoms with Gasteiger partial charge in [0.15, 0.2) is 5.84 Å². The fourth-order valence-electron chi connectivity index (χ4n) is 2.73. The Labute approximate surface area is 164 Å². The summed E-state index contributed by atoms with van der Waals surface area (Å²) in [6, 6.07) is 6.37. The zero-order valence-electron chi connectivity index (χ0n) is 16.4. The lowest BCUT2D eigenvalue weighted by atomic mass is 9.98. The normalized spacial score (nSPS) is 10.5. The van der Waals surface area contributed by atoms with E-state index < -0.39 is 11.7 Å². The molecular weight excluding hydrogens is 358 g/mol. The standard InChI is InChI=1S/C20H25N5O3/c1-5-24-20(27)19(22)25(13-7-6-8-23-11-13)18(21)15-9-14(12(2)3)17(28-4)10-16(15)26/h6-12,21-22,26H,5H2,1-4H3,(H,24,27). The number of likely N-dealkylation sites (N-methyl/N-ethyl adjacent to an activating group) is 1. The Bertz CT molecular complexity index is 881. The Morgan fingerprint density at radius 3 is 2.61 bits per heavy atom. The predicted molar refractivity (Wildman–Crippen MR) is 109 cm³/mol. The van der Waals surface area contributed by atoms with Gasteiger partial charge < -0.3 is 15.2 Å². The van der Waals surface area contributed by atoms with Gasteiger partial charge in [0.25, 0.3) is 5.91 Å². The van der Waals surface area contributed by atoms with Crippen molar-refractivity contribution in [2.75, 3.05) is 18.6 Å². The number of phenolic OH excluding ortho intramolecular Hbond substituents is 1. The van der Waals surface area contributed by atoms with Crippen LogP contribution in [0.5, 0.6) is 11.5 Å². The highest BCUT2D eigenvalue weighted by atomic mass is 16.5. The van der Waals surface area contributed by atoms with Crippen LogP contribution in [0, 0.1) is 10.8 Å². The summed E-state index contributed by atoms with van der Waals surface area (Å²) in [7, 11) is 1.51. The number of amidine groups is 2. The maximum Gasteiger partial charge on any atom is 0.287 e. The van der Waals surface area contributed by atoms with E-state index in [9.17, 15) is 9.90 Å². The third-order valence-electron chi connectivity index (χ3n) is 4.13. The van der Waals surface area contributed by atoms with Crippen molar-refractivity contribution in [2.45, 2.75) is 26.7 Å². The van der Waals surface area contributed by atoms with Gasteiger partial charge in [0.2, 0.25) is 0 Å². The first-order valence-electron chi connectivity index (χ1n) is 8.88. The molecular formula is C20H25N5O3. The lowest BCUT2D eigenvalue weighted by molar-refractivity contribution is -0.114. The molecule has 148 valence electrons. The number of anilines is 1. The number of phenols is 1. The van der Waals surface area contributed by atoms with Gasteiger partial charge in [0.1, 0.15) is 17.3 Å². The van der Waals surface area contributed by atoms with Crippen LogP contribution >= 0.6 is 0 Å². The van der Waals surface area contributed by atoms with Crippen molar-refractivity contribution >= 4 is 23.3 Å². The second kappa shape index (κ2) is 8.98. The second-order valence-electron chi connectivity index (χ2n) is 6.37. The molecule has 1 amide bonds. The minimum absolute atomic E-state index is 0.0804. The number of hydrogen-bond acceptors (Lipinski definition) is 6. The predicted octanol–water partition coefficient (Wildman–Crippen LogP) is 2.86. The first-order chi connectivity index (χ1) is 13.3. The number of nitrogens with zero attached hydrogens (tertiary/aromatic N) is 2. The molecule has 0 bridgehead atoms. The molecule has 0 aliphatic rings. The molecule has 0 spiro atoms. The number of methoxy groups -OCH3 is 1. The average Bonchev–Trinajstić information content (AvgIpc) is 2.68. The van der Waals surface area contributed by atoms with E-state index in [4.69, 9.17) is 15.6 Å². The van der Waals surface area contributed by atoms with Crippen molar-refractivity contribution < 1.29 is 14.6 Å². The fourth-order valence-corrected chi connectivity index (χ4v) is 2.73. The van der Waals surface area contributed by atoms with E-state index in [2.05, 4.69) is 10.3 Å². The first kappa shape index (κ1) is 20.9. The highest BCUT2D eigenvalue weighted by Gasteiger charge is 2.27. The van der Waals surface area contributed by atoms with Crippen LogP contribution in [0.2, 0.25) is 0 Å². The fraction of sp³-hybridized carbons (Fsp3) is 0.300. The average molecular weight is 383 g/mol. The van der Waals surface area contributed by atoms with E-state index in [0.717, 1.165) is 10.5 Å². The molecule has 4 N–H and O–H groups in total. The topological polar surface area (TPSA) is 122 Å². The summed E-state index contributed by atoms with van der Waals surface area (Å²) in [6.07, 6.45) is 3.01. The van der Waals surface area contributed by atoms with Gasteiger partial charge in [0.05, 0.1) is 24.6 Å². The number of aromatic hydroxyl groups is 1. The molecule has 0 unspecified atom stereocenters. The Kier molecular flexibility index (Phi) is 6.70. The molecule has 28 heavy (non-hydrogen) atoms. The lowest BCUT2D eigenvalue weighted by Gasteiger charge is -2.26. The van der Waals surface area contributed by atoms with Gasteiger partial charge in [-0.3, -0.25) is 25.5 Å². The number of carbonyl (C=O) groups is 1. The lowest BCUT2D eigenvalue weighted by Crippen LogP contribution is -2.46. The molecule has 1 heterocycles. The SMILES string of the molecule is CCNC(=O)C(=N)N(C(=N)c1cc(C(C)C)c(OC)cc1O)c1cccnc1. The summed E-state index contributed by atoms with van der Waals surface area (Å²) < 4.78 is 5.32. The summed E-state index contributed by atoms with van der Waals surface area (Å²) in [4.78, 5) is 17.4. The van der Waals surface area contributed by atoms with Gasteiger partial charge in [-0.25, -0.2) is 0 Å². The van der Waals surface area contributed by atoms with Crippen molar-refractivity contribution in [3.05, 3.63) is 47.8 Å². The third-order valence-corrected chi connectivity index (χ3v) is 4.13. The molecule has 0 saturated carbocycles. The molecule has 8 heteroatoms. The number of ether oxygens (including phenoxy) is 1. The van der Waals surface area contributed by atoms with Crippen LogP contribution in [0.1, 0.15) is 37.8 Å². The van der Waals surface area contributed by atoms with Crippen molar-refractivity contribution in [1.29, 1.82) is 10.8 Å². The van der Waals surface area contributed by atoms with Crippen LogP contribution in [0.25, 0.3) is 0 Å². The molecule has 0 fully saturated rings. The summed E-state index contributed by atoms with van der Waals surface area (Å²) in [5.41, 5.74) is 1.35. The van der Waals surface area contributed by atoms with E-state index >= 15 is 0 Å². The van der Waals surface area contributed by atoms with Gasteiger partial charge in [-0.15, -0.1) is 0 Å². The number of benzene rings is 1. The zero-order valence-corrected chi connectivity index (χ0v) is 16.4. The van der Waals surface area contributed by atoms with Crippen molar-refractivity contribution in [3.63, 3.8) is 0 Å². The number of nitrogens with one attached hydrogen (secondary N) is 3. The summed E-state index contributed by atoms with van der Waals surface area (Å²) in [5.74, 6) is -0.878. The molecule has 2 aromatic rings. The van der Waals surface area contributed by atoms with Crippen LogP contribution in [0.3, 0.4) is 0 Å². The number of carbonyl (C=O) groups excluding carboxylic acids is 1. The van der Waals surface area contributed by atoms with E-state index in [1.165, 1.54) is 19.4 Å². The quantitative estimate of drug-likeness (QED) is 0.467. The summed E-state index contributed by atoms with van der Waals surface area (Å²) >= 11 is 0. The maximum atomic E-state index is 12.3. The first-order valence-corrected chi connectivity index (χ1v) is 8.88. The molecule has 0 atom stereocenters. The van der Waals surface area contributed by atoms with Gasteiger partial charge in [-0.2, -0.15) is 0 Å². The smallest absolute Gasteiger partial charge is 0.287 e. The highest BCUT2D eigenvalue weighted by molar-refractivity contribution is 6.48. The highest BCUT2D eigenvalue weighted by Crippen LogP contribution is 2.34. The van der Waals surface area contributed by atoms with E-state index in [0.29, 0.717) is 18.0 Å². The minimum atomic E-state index is -0.631. The van der Waals surface area contributed by atoms with Crippen LogP contribution in [-0.2, 0) is 4.79 Å². The zero-order chi connectivity index (χ0) is 20.8. The summed E-state index contributed by atoms with van der Waals surface area (Å²) in [6.45, 7) is 6.03. The van der Waals surface area contributed by atoms with E-state index in [-0.39, 0.29) is 23.1 Å². The molecule has 0 radical (unpaired) electrons. The molecule has 0 aliphatic heterocycles. The number of rotatable bonds is 5. The summed E-state index contributed by atoms with van der Waals surface area (Å²) in [5, 5.41) is 30.0. The van der Waals surface area contributed by atoms with Crippen LogP contribution in [0.15, 0.2) is 36.7 Å². The number of amides is 1. The van der Waals surface area contributed by atoms with Gasteiger partial charge in [-0.1, -0.05) is 13.8 Å². The largest absolute Gasteiger partial charge is 0.507 e. The van der Waals surface area contributed by atoms with Gasteiger partial charge >= 0.3 is 0 Å². The number of pyridine rings is 1. The van der Waals surface area contributed by atoms with Crippen molar-refractivity contribution in [2.24, 2.45) is 0 Å². The molecule has 8 nitrogen and oxygen atoms in total. The molecule has 0 aliphatic carbocycles. The molecule has 0 saturated heterocycles. The van der Waals surface area contributed by atoms with E-state index in [1.54, 1.807) is 31.3 Å². The van der Waals surface area contributed by atoms with Crippen LogP contribution in [0.4, 0.5) is 5.69 Å². The molecule has 2 rings (SSSR count). The van der Waals surface area contributed by atoms with Crippen molar-refractivity contribution in [1.82, 2.24) is 10.3 Å². The maximum absolute atomic E-state index is 12.3. The Morgan fingerprint density at radius 2 is 2.07 bits per heavy atom. The third kappa shape index (κ3) is 4.28. The van der Waals surface area contributed by atoms with Crippen LogP contribution < -0.4 is 15.0 Å². The Hall–Kier alpha value is -3.42. The van der Waals surface area contributed by atoms with Gasteiger partial charge in [0, 0.05) is 18.8 Å². The monoisotopic (exact) mass is 383 g/mol. The molecule has 1 aromatic heterocycles. The van der Waals surface area contributed by atoms with Crippen LogP contribution in [-0.4, -0.2) is 41.3 Å². The minimum Gasteiger partial charge on any atom is -0.507 e. The van der Waals surface area contributed by atoms with E-state index in [1.807, 2.05) is 13.8 Å². The van der Waals surface area contributed by atoms with Gasteiger partial charge in [-0.05, 0) is 36.6 Å².